The molecule has 31 heavy (non-hydrogen) atoms. The molecule has 5 rings (SSSR count). The molecule has 4 heterocycles. The topological polar surface area (TPSA) is 91.1 Å². The summed E-state index contributed by atoms with van der Waals surface area (Å²) in [7, 11) is 0. The van der Waals surface area contributed by atoms with E-state index in [0.29, 0.717) is 17.8 Å². The van der Waals surface area contributed by atoms with Crippen molar-refractivity contribution in [1.82, 2.24) is 23.9 Å². The molecule has 0 saturated carbocycles. The number of fused-ring (bicyclic) bond motifs is 1. The van der Waals surface area contributed by atoms with Crippen molar-refractivity contribution >= 4 is 11.6 Å². The van der Waals surface area contributed by atoms with Crippen LogP contribution in [0.1, 0.15) is 27.4 Å². The van der Waals surface area contributed by atoms with Crippen molar-refractivity contribution in [3.05, 3.63) is 102 Å². The van der Waals surface area contributed by atoms with Crippen LogP contribution in [0.25, 0.3) is 22.9 Å². The van der Waals surface area contributed by atoms with Gasteiger partial charge in [-0.25, -0.2) is 15.0 Å². The second-order valence-corrected chi connectivity index (χ2v) is 7.38. The highest BCUT2D eigenvalue weighted by Gasteiger charge is 2.16. The number of primary amides is 1. The van der Waals surface area contributed by atoms with Crippen LogP contribution in [0.5, 0.6) is 0 Å². The second kappa shape index (κ2) is 7.53. The quantitative estimate of drug-likeness (QED) is 0.481. The zero-order valence-electron chi connectivity index (χ0n) is 16.9. The van der Waals surface area contributed by atoms with Gasteiger partial charge in [-0.15, -0.1) is 0 Å². The lowest BCUT2D eigenvalue weighted by Gasteiger charge is -2.09. The fourth-order valence-electron chi connectivity index (χ4n) is 3.66. The van der Waals surface area contributed by atoms with Crippen LogP contribution in [-0.2, 0) is 6.42 Å². The minimum Gasteiger partial charge on any atom is -0.364 e. The van der Waals surface area contributed by atoms with E-state index < -0.39 is 5.91 Å². The first-order valence-electron chi connectivity index (χ1n) is 9.92. The van der Waals surface area contributed by atoms with Gasteiger partial charge in [-0.05, 0) is 36.8 Å². The standard InChI is InChI=1S/C24H20N6O/c1-16-6-5-9-20(27-16)24-28-18(12-17-7-3-2-4-8-17)14-29(24)19-10-11-22-26-13-21(23(25)31)30(22)15-19/h2-11,13-15H,12H2,1H3,(H2,25,31). The number of imidazole rings is 2. The molecule has 2 N–H and O–H groups in total. The molecule has 7 heteroatoms. The van der Waals surface area contributed by atoms with Crippen molar-refractivity contribution in [2.24, 2.45) is 5.73 Å². The molecule has 0 fully saturated rings. The van der Waals surface area contributed by atoms with Gasteiger partial charge in [0.15, 0.2) is 5.82 Å². The Labute approximate surface area is 178 Å². The summed E-state index contributed by atoms with van der Waals surface area (Å²) in [5, 5.41) is 0. The molecule has 1 aromatic carbocycles. The summed E-state index contributed by atoms with van der Waals surface area (Å²) in [6.45, 7) is 1.96. The normalized spacial score (nSPS) is 11.1. The van der Waals surface area contributed by atoms with Crippen LogP contribution in [0, 0.1) is 6.92 Å². The molecule has 0 atom stereocenters. The van der Waals surface area contributed by atoms with Gasteiger partial charge in [0.1, 0.15) is 17.0 Å². The SMILES string of the molecule is Cc1cccc(-c2nc(Cc3ccccc3)cn2-c2ccc3ncc(C(N)=O)n3c2)n1. The Hall–Kier alpha value is -4.26. The highest BCUT2D eigenvalue weighted by molar-refractivity contribution is 5.91. The molecule has 152 valence electrons. The number of carbonyl (C=O) groups is 1. The fraction of sp³-hybridized carbons (Fsp3) is 0.0833. The van der Waals surface area contributed by atoms with E-state index in [2.05, 4.69) is 22.1 Å². The van der Waals surface area contributed by atoms with Crippen molar-refractivity contribution < 1.29 is 4.79 Å². The van der Waals surface area contributed by atoms with Crippen LogP contribution >= 0.6 is 0 Å². The number of aryl methyl sites for hydroxylation is 1. The third-order valence-electron chi connectivity index (χ3n) is 5.12. The molecule has 0 saturated heterocycles. The lowest BCUT2D eigenvalue weighted by Crippen LogP contribution is -2.13. The van der Waals surface area contributed by atoms with E-state index in [4.69, 9.17) is 10.7 Å². The lowest BCUT2D eigenvalue weighted by molar-refractivity contribution is 0.0995. The van der Waals surface area contributed by atoms with E-state index in [1.54, 1.807) is 4.40 Å². The number of benzene rings is 1. The van der Waals surface area contributed by atoms with Gasteiger partial charge in [0.25, 0.3) is 5.91 Å². The number of amides is 1. The van der Waals surface area contributed by atoms with Gasteiger partial charge in [0.2, 0.25) is 0 Å². The van der Waals surface area contributed by atoms with E-state index in [9.17, 15) is 4.79 Å². The lowest BCUT2D eigenvalue weighted by atomic mass is 10.1. The zero-order chi connectivity index (χ0) is 21.4. The Morgan fingerprint density at radius 3 is 2.58 bits per heavy atom. The maximum absolute atomic E-state index is 11.8. The largest absolute Gasteiger partial charge is 0.364 e. The van der Waals surface area contributed by atoms with Gasteiger partial charge in [-0.3, -0.25) is 13.8 Å². The number of rotatable bonds is 5. The first-order valence-corrected chi connectivity index (χ1v) is 9.92. The highest BCUT2D eigenvalue weighted by atomic mass is 16.1. The van der Waals surface area contributed by atoms with E-state index in [1.165, 1.54) is 11.8 Å². The number of aromatic nitrogens is 5. The molecule has 0 unspecified atom stereocenters. The Morgan fingerprint density at radius 1 is 0.968 bits per heavy atom. The predicted molar refractivity (Wildman–Crippen MR) is 118 cm³/mol. The molecule has 5 aromatic rings. The Kier molecular flexibility index (Phi) is 4.55. The average Bonchev–Trinajstić information content (AvgIpc) is 3.38. The highest BCUT2D eigenvalue weighted by Crippen LogP contribution is 2.24. The maximum Gasteiger partial charge on any atom is 0.267 e. The van der Waals surface area contributed by atoms with Gasteiger partial charge in [-0.1, -0.05) is 36.4 Å². The molecular formula is C24H20N6O. The zero-order valence-corrected chi connectivity index (χ0v) is 16.9. The third-order valence-corrected chi connectivity index (χ3v) is 5.12. The molecule has 0 radical (unpaired) electrons. The van der Waals surface area contributed by atoms with Crippen LogP contribution in [0.3, 0.4) is 0 Å². The predicted octanol–water partition coefficient (Wildman–Crippen LogP) is 3.58. The van der Waals surface area contributed by atoms with Crippen LogP contribution in [0.2, 0.25) is 0 Å². The minimum atomic E-state index is -0.527. The minimum absolute atomic E-state index is 0.330. The van der Waals surface area contributed by atoms with Crippen molar-refractivity contribution in [3.63, 3.8) is 0 Å². The number of hydrogen-bond acceptors (Lipinski definition) is 4. The molecule has 4 aromatic heterocycles. The van der Waals surface area contributed by atoms with Crippen LogP contribution in [-0.4, -0.2) is 29.8 Å². The number of nitrogens with two attached hydrogens (primary N) is 1. The summed E-state index contributed by atoms with van der Waals surface area (Å²) in [6, 6.07) is 19.9. The summed E-state index contributed by atoms with van der Waals surface area (Å²) in [6.07, 6.45) is 6.04. The third kappa shape index (κ3) is 3.57. The number of pyridine rings is 2. The van der Waals surface area contributed by atoms with E-state index in [-0.39, 0.29) is 0 Å². The molecule has 0 spiro atoms. The molecule has 1 amide bonds. The summed E-state index contributed by atoms with van der Waals surface area (Å²) >= 11 is 0. The van der Waals surface area contributed by atoms with Crippen molar-refractivity contribution in [3.8, 4) is 17.2 Å². The second-order valence-electron chi connectivity index (χ2n) is 7.38. The van der Waals surface area contributed by atoms with Crippen LogP contribution in [0.15, 0.2) is 79.3 Å². The van der Waals surface area contributed by atoms with Gasteiger partial charge < -0.3 is 5.73 Å². The maximum atomic E-state index is 11.8. The average molecular weight is 408 g/mol. The molecule has 0 aliphatic rings. The van der Waals surface area contributed by atoms with Crippen molar-refractivity contribution in [2.75, 3.05) is 0 Å². The van der Waals surface area contributed by atoms with E-state index in [1.807, 2.05) is 72.4 Å². The smallest absolute Gasteiger partial charge is 0.267 e. The Balaban J connectivity index is 1.67. The Morgan fingerprint density at radius 2 is 1.81 bits per heavy atom. The van der Waals surface area contributed by atoms with Gasteiger partial charge in [0, 0.05) is 24.5 Å². The van der Waals surface area contributed by atoms with Gasteiger partial charge >= 0.3 is 0 Å². The molecule has 0 bridgehead atoms. The van der Waals surface area contributed by atoms with Gasteiger partial charge in [0.05, 0.1) is 17.6 Å². The monoisotopic (exact) mass is 408 g/mol. The van der Waals surface area contributed by atoms with E-state index in [0.717, 1.165) is 28.6 Å². The number of carbonyl (C=O) groups excluding carboxylic acids is 1. The van der Waals surface area contributed by atoms with Crippen LogP contribution < -0.4 is 5.73 Å². The number of hydrogen-bond donors (Lipinski definition) is 1. The molecule has 0 aliphatic carbocycles. The number of nitrogens with zero attached hydrogens (tertiary/aromatic N) is 5. The van der Waals surface area contributed by atoms with E-state index >= 15 is 0 Å². The molecule has 7 nitrogen and oxygen atoms in total. The van der Waals surface area contributed by atoms with Crippen molar-refractivity contribution in [1.29, 1.82) is 0 Å². The van der Waals surface area contributed by atoms with Crippen molar-refractivity contribution in [2.45, 2.75) is 13.3 Å². The summed E-state index contributed by atoms with van der Waals surface area (Å²) in [4.78, 5) is 25.6. The molecular weight excluding hydrogens is 388 g/mol. The fourth-order valence-corrected chi connectivity index (χ4v) is 3.66. The van der Waals surface area contributed by atoms with Crippen LogP contribution in [0.4, 0.5) is 0 Å². The first-order chi connectivity index (χ1) is 15.1. The summed E-state index contributed by atoms with van der Waals surface area (Å²) in [5.74, 6) is 0.204. The summed E-state index contributed by atoms with van der Waals surface area (Å²) < 4.78 is 3.69. The Bertz CT molecular complexity index is 1400. The summed E-state index contributed by atoms with van der Waals surface area (Å²) in [5.41, 5.74) is 11.1. The molecule has 0 aliphatic heterocycles. The van der Waals surface area contributed by atoms with Gasteiger partial charge in [-0.2, -0.15) is 0 Å². The first kappa shape index (κ1) is 18.7.